The quantitative estimate of drug-likeness (QED) is 0.846. The molecule has 0 unspecified atom stereocenters. The molecule has 1 aromatic carbocycles. The number of likely N-dealkylation sites (tertiary alicyclic amines) is 1. The maximum Gasteiger partial charge on any atom is 0.290 e. The first-order valence-corrected chi connectivity index (χ1v) is 7.84. The highest BCUT2D eigenvalue weighted by Gasteiger charge is 2.27. The van der Waals surface area contributed by atoms with Crippen LogP contribution in [0.15, 0.2) is 40.8 Å². The Morgan fingerprint density at radius 1 is 1.22 bits per heavy atom. The van der Waals surface area contributed by atoms with Crippen LogP contribution in [0.4, 0.5) is 4.39 Å². The van der Waals surface area contributed by atoms with Crippen molar-refractivity contribution in [3.05, 3.63) is 48.0 Å². The van der Waals surface area contributed by atoms with Gasteiger partial charge in [0, 0.05) is 25.2 Å². The van der Waals surface area contributed by atoms with E-state index >= 15 is 0 Å². The van der Waals surface area contributed by atoms with E-state index in [-0.39, 0.29) is 23.4 Å². The van der Waals surface area contributed by atoms with Crippen LogP contribution in [0, 0.1) is 17.7 Å². The van der Waals surface area contributed by atoms with E-state index < -0.39 is 0 Å². The number of ether oxygens (including phenoxy) is 1. The number of amides is 1. The number of hydrogen-bond donors (Lipinski definition) is 0. The van der Waals surface area contributed by atoms with Gasteiger partial charge in [0.05, 0.1) is 0 Å². The lowest BCUT2D eigenvalue weighted by Crippen LogP contribution is -2.42. The lowest BCUT2D eigenvalue weighted by Gasteiger charge is -2.34. The van der Waals surface area contributed by atoms with E-state index in [0.717, 1.165) is 19.5 Å². The summed E-state index contributed by atoms with van der Waals surface area (Å²) in [5.41, 5.74) is 0. The second-order valence-electron chi connectivity index (χ2n) is 6.33. The summed E-state index contributed by atoms with van der Waals surface area (Å²) in [6, 6.07) is 8.95. The largest absolute Gasteiger partial charge is 0.426 e. The van der Waals surface area contributed by atoms with Gasteiger partial charge in [-0.15, -0.1) is 0 Å². The molecule has 0 spiro atoms. The highest BCUT2D eigenvalue weighted by Crippen LogP contribution is 2.27. The molecule has 2 atom stereocenters. The Morgan fingerprint density at radius 2 is 1.96 bits per heavy atom. The van der Waals surface area contributed by atoms with Crippen LogP contribution in [0.3, 0.4) is 0 Å². The average Bonchev–Trinajstić information content (AvgIpc) is 2.94. The molecule has 23 heavy (non-hydrogen) atoms. The van der Waals surface area contributed by atoms with Crippen LogP contribution in [0.25, 0.3) is 0 Å². The van der Waals surface area contributed by atoms with E-state index in [9.17, 15) is 9.18 Å². The summed E-state index contributed by atoms with van der Waals surface area (Å²) in [7, 11) is 0. The van der Waals surface area contributed by atoms with Crippen LogP contribution in [0.5, 0.6) is 11.7 Å². The molecular formula is C18H20FNO3. The molecule has 0 aliphatic carbocycles. The summed E-state index contributed by atoms with van der Waals surface area (Å²) < 4.78 is 24.1. The van der Waals surface area contributed by atoms with Gasteiger partial charge in [0.15, 0.2) is 5.76 Å². The lowest BCUT2D eigenvalue weighted by molar-refractivity contribution is 0.0587. The highest BCUT2D eigenvalue weighted by molar-refractivity contribution is 5.91. The number of halogens is 1. The second-order valence-corrected chi connectivity index (χ2v) is 6.33. The van der Waals surface area contributed by atoms with Crippen molar-refractivity contribution >= 4 is 5.91 Å². The third kappa shape index (κ3) is 3.73. The van der Waals surface area contributed by atoms with Gasteiger partial charge in [-0.3, -0.25) is 4.79 Å². The first kappa shape index (κ1) is 15.6. The summed E-state index contributed by atoms with van der Waals surface area (Å²) in [6.45, 7) is 5.78. The minimum Gasteiger partial charge on any atom is -0.426 e. The van der Waals surface area contributed by atoms with E-state index in [4.69, 9.17) is 9.15 Å². The Labute approximate surface area is 134 Å². The van der Waals surface area contributed by atoms with Crippen LogP contribution in [-0.2, 0) is 0 Å². The third-order valence-electron chi connectivity index (χ3n) is 3.96. The number of benzene rings is 1. The number of furan rings is 1. The van der Waals surface area contributed by atoms with Gasteiger partial charge < -0.3 is 14.1 Å². The zero-order valence-corrected chi connectivity index (χ0v) is 13.3. The number of hydrogen-bond acceptors (Lipinski definition) is 3. The van der Waals surface area contributed by atoms with Crippen LogP contribution in [-0.4, -0.2) is 23.9 Å². The van der Waals surface area contributed by atoms with E-state index in [1.165, 1.54) is 12.1 Å². The number of carbonyl (C=O) groups excluding carboxylic acids is 1. The summed E-state index contributed by atoms with van der Waals surface area (Å²) in [5.74, 6) is 1.22. The van der Waals surface area contributed by atoms with Gasteiger partial charge in [0.2, 0.25) is 0 Å². The smallest absolute Gasteiger partial charge is 0.290 e. The molecule has 0 saturated carbocycles. The molecule has 1 aromatic heterocycles. The SMILES string of the molecule is C[C@@H]1C[C@@H](C)CN(C(=O)c2ccc(Oc3cccc(F)c3)o2)C1. The van der Waals surface area contributed by atoms with Crippen molar-refractivity contribution < 1.29 is 18.3 Å². The summed E-state index contributed by atoms with van der Waals surface area (Å²) in [6.07, 6.45) is 1.13. The van der Waals surface area contributed by atoms with Crippen molar-refractivity contribution in [2.45, 2.75) is 20.3 Å². The molecule has 5 heteroatoms. The van der Waals surface area contributed by atoms with Gasteiger partial charge in [0.25, 0.3) is 11.9 Å². The Kier molecular flexibility index (Phi) is 4.37. The Balaban J connectivity index is 1.70. The molecule has 1 saturated heterocycles. The fourth-order valence-electron chi connectivity index (χ4n) is 3.12. The van der Waals surface area contributed by atoms with Crippen molar-refractivity contribution in [1.82, 2.24) is 4.90 Å². The maximum atomic E-state index is 13.1. The molecule has 2 heterocycles. The summed E-state index contributed by atoms with van der Waals surface area (Å²) in [4.78, 5) is 14.4. The molecule has 1 amide bonds. The highest BCUT2D eigenvalue weighted by atomic mass is 19.1. The molecule has 122 valence electrons. The van der Waals surface area contributed by atoms with Crippen LogP contribution >= 0.6 is 0 Å². The zero-order chi connectivity index (χ0) is 16.4. The van der Waals surface area contributed by atoms with Crippen molar-refractivity contribution in [2.75, 3.05) is 13.1 Å². The first-order valence-electron chi connectivity index (χ1n) is 7.84. The molecular weight excluding hydrogens is 297 g/mol. The molecule has 2 aromatic rings. The minimum absolute atomic E-state index is 0.127. The van der Waals surface area contributed by atoms with Gasteiger partial charge in [0.1, 0.15) is 11.6 Å². The zero-order valence-electron chi connectivity index (χ0n) is 13.3. The normalized spacial score (nSPS) is 21.3. The third-order valence-corrected chi connectivity index (χ3v) is 3.96. The average molecular weight is 317 g/mol. The van der Waals surface area contributed by atoms with E-state index in [1.54, 1.807) is 24.3 Å². The van der Waals surface area contributed by atoms with Gasteiger partial charge in [-0.2, -0.15) is 0 Å². The molecule has 4 nitrogen and oxygen atoms in total. The molecule has 3 rings (SSSR count). The van der Waals surface area contributed by atoms with Gasteiger partial charge in [-0.1, -0.05) is 19.9 Å². The number of carbonyl (C=O) groups is 1. The van der Waals surface area contributed by atoms with Crippen molar-refractivity contribution in [3.63, 3.8) is 0 Å². The maximum absolute atomic E-state index is 13.1. The second kappa shape index (κ2) is 6.44. The molecule has 0 bridgehead atoms. The number of nitrogens with zero attached hydrogens (tertiary/aromatic N) is 1. The monoisotopic (exact) mass is 317 g/mol. The molecule has 1 aliphatic heterocycles. The lowest BCUT2D eigenvalue weighted by atomic mass is 9.92. The minimum atomic E-state index is -0.387. The summed E-state index contributed by atoms with van der Waals surface area (Å²) in [5, 5.41) is 0. The topological polar surface area (TPSA) is 42.7 Å². The fourth-order valence-corrected chi connectivity index (χ4v) is 3.12. The Hall–Kier alpha value is -2.30. The van der Waals surface area contributed by atoms with Crippen LogP contribution in [0.1, 0.15) is 30.8 Å². The van der Waals surface area contributed by atoms with Crippen molar-refractivity contribution in [1.29, 1.82) is 0 Å². The standard InChI is InChI=1S/C18H20FNO3/c1-12-8-13(2)11-20(10-12)18(21)16-6-7-17(23-16)22-15-5-3-4-14(19)9-15/h3-7,9,12-13H,8,10-11H2,1-2H3/t12-,13-/m1/s1. The van der Waals surface area contributed by atoms with E-state index in [1.807, 2.05) is 4.90 Å². The van der Waals surface area contributed by atoms with Gasteiger partial charge >= 0.3 is 0 Å². The number of rotatable bonds is 3. The Bertz CT molecular complexity index is 687. The van der Waals surface area contributed by atoms with E-state index in [0.29, 0.717) is 17.6 Å². The Morgan fingerprint density at radius 3 is 2.65 bits per heavy atom. The molecule has 0 radical (unpaired) electrons. The van der Waals surface area contributed by atoms with Crippen molar-refractivity contribution in [3.8, 4) is 11.7 Å². The van der Waals surface area contributed by atoms with E-state index in [2.05, 4.69) is 13.8 Å². The molecule has 0 N–H and O–H groups in total. The molecule has 1 fully saturated rings. The number of piperidine rings is 1. The fraction of sp³-hybridized carbons (Fsp3) is 0.389. The summed E-state index contributed by atoms with van der Waals surface area (Å²) >= 11 is 0. The van der Waals surface area contributed by atoms with Crippen LogP contribution in [0.2, 0.25) is 0 Å². The molecule has 1 aliphatic rings. The van der Waals surface area contributed by atoms with Crippen LogP contribution < -0.4 is 4.74 Å². The predicted molar refractivity (Wildman–Crippen MR) is 84.0 cm³/mol. The van der Waals surface area contributed by atoms with Crippen molar-refractivity contribution in [2.24, 2.45) is 11.8 Å². The predicted octanol–water partition coefficient (Wildman–Crippen LogP) is 4.33. The van der Waals surface area contributed by atoms with Gasteiger partial charge in [-0.25, -0.2) is 4.39 Å². The van der Waals surface area contributed by atoms with Gasteiger partial charge in [-0.05, 0) is 36.5 Å². The first-order chi connectivity index (χ1) is 11.0.